The van der Waals surface area contributed by atoms with Crippen LogP contribution in [0.4, 0.5) is 13.2 Å². The van der Waals surface area contributed by atoms with Crippen LogP contribution in [0.2, 0.25) is 0 Å². The molecule has 6 nitrogen and oxygen atoms in total. The standard InChI is InChI=1S/C25H32F3N5OS/c1-31-11-8-18(14-21(31)34)22-29-30-23(32(22)2)35-13-3-10-33-12-9-24(16-33)15-20(24)17-4-6-19(7-5-17)25(26,27)28/h4-7,18,20H,3,8-16H2,1-2H3. The first-order chi connectivity index (χ1) is 16.7. The van der Waals surface area contributed by atoms with Crippen LogP contribution in [0.25, 0.3) is 0 Å². The summed E-state index contributed by atoms with van der Waals surface area (Å²) >= 11 is 1.71. The van der Waals surface area contributed by atoms with Gasteiger partial charge in [0.1, 0.15) is 5.82 Å². The van der Waals surface area contributed by atoms with E-state index in [9.17, 15) is 18.0 Å². The van der Waals surface area contributed by atoms with Crippen LogP contribution in [-0.2, 0) is 18.0 Å². The van der Waals surface area contributed by atoms with E-state index in [-0.39, 0.29) is 17.2 Å². The van der Waals surface area contributed by atoms with Gasteiger partial charge in [0.2, 0.25) is 5.91 Å². The summed E-state index contributed by atoms with van der Waals surface area (Å²) in [5, 5.41) is 9.65. The Morgan fingerprint density at radius 3 is 2.63 bits per heavy atom. The third-order valence-electron chi connectivity index (χ3n) is 8.04. The van der Waals surface area contributed by atoms with Crippen molar-refractivity contribution < 1.29 is 18.0 Å². The Bertz CT molecular complexity index is 1070. The van der Waals surface area contributed by atoms with E-state index in [2.05, 4.69) is 15.1 Å². The van der Waals surface area contributed by atoms with Gasteiger partial charge in [-0.3, -0.25) is 4.79 Å². The molecule has 2 saturated heterocycles. The lowest BCUT2D eigenvalue weighted by Gasteiger charge is -2.28. The Morgan fingerprint density at radius 1 is 1.14 bits per heavy atom. The number of benzene rings is 1. The number of nitrogens with zero attached hydrogens (tertiary/aromatic N) is 5. The van der Waals surface area contributed by atoms with E-state index in [0.29, 0.717) is 12.3 Å². The number of carbonyl (C=O) groups excluding carboxylic acids is 1. The van der Waals surface area contributed by atoms with E-state index in [1.54, 1.807) is 28.8 Å². The van der Waals surface area contributed by atoms with Gasteiger partial charge in [0.25, 0.3) is 0 Å². The van der Waals surface area contributed by atoms with Crippen LogP contribution < -0.4 is 0 Å². The fraction of sp³-hybridized carbons (Fsp3) is 0.640. The number of hydrogen-bond acceptors (Lipinski definition) is 5. The van der Waals surface area contributed by atoms with Gasteiger partial charge in [0, 0.05) is 45.3 Å². The van der Waals surface area contributed by atoms with Crippen molar-refractivity contribution in [2.75, 3.05) is 39.0 Å². The molecule has 3 atom stereocenters. The Hall–Kier alpha value is -2.07. The van der Waals surface area contributed by atoms with Gasteiger partial charge in [-0.2, -0.15) is 13.2 Å². The third kappa shape index (κ3) is 5.09. The number of aromatic nitrogens is 3. The highest BCUT2D eigenvalue weighted by molar-refractivity contribution is 7.99. The smallest absolute Gasteiger partial charge is 0.346 e. The van der Waals surface area contributed by atoms with E-state index >= 15 is 0 Å². The molecular formula is C25H32F3N5OS. The minimum atomic E-state index is -4.28. The van der Waals surface area contributed by atoms with Gasteiger partial charge in [-0.05, 0) is 67.8 Å². The fourth-order valence-corrected chi connectivity index (χ4v) is 6.61. The zero-order chi connectivity index (χ0) is 24.8. The number of rotatable bonds is 7. The zero-order valence-electron chi connectivity index (χ0n) is 20.2. The van der Waals surface area contributed by atoms with Crippen LogP contribution in [0.1, 0.15) is 60.9 Å². The molecule has 5 rings (SSSR count). The lowest BCUT2D eigenvalue weighted by Crippen LogP contribution is -2.35. The average molecular weight is 508 g/mol. The van der Waals surface area contributed by atoms with Crippen molar-refractivity contribution in [1.82, 2.24) is 24.6 Å². The molecule has 1 aromatic carbocycles. The molecular weight excluding hydrogens is 475 g/mol. The van der Waals surface area contributed by atoms with Gasteiger partial charge in [0.05, 0.1) is 5.56 Å². The van der Waals surface area contributed by atoms with Crippen LogP contribution in [-0.4, -0.2) is 69.5 Å². The second kappa shape index (κ2) is 9.42. The molecule has 10 heteroatoms. The van der Waals surface area contributed by atoms with Crippen LogP contribution in [0.5, 0.6) is 0 Å². The maximum absolute atomic E-state index is 12.8. The average Bonchev–Trinajstić information content (AvgIpc) is 3.16. The molecule has 0 radical (unpaired) electrons. The summed E-state index contributed by atoms with van der Waals surface area (Å²) in [7, 11) is 3.83. The molecule has 1 saturated carbocycles. The molecule has 1 amide bonds. The Kier molecular flexibility index (Phi) is 6.63. The number of hydrogen-bond donors (Lipinski definition) is 0. The predicted octanol–water partition coefficient (Wildman–Crippen LogP) is 4.53. The van der Waals surface area contributed by atoms with Crippen molar-refractivity contribution >= 4 is 17.7 Å². The number of amides is 1. The molecule has 2 aliphatic heterocycles. The summed E-state index contributed by atoms with van der Waals surface area (Å²) in [4.78, 5) is 16.3. The van der Waals surface area contributed by atoms with E-state index in [1.165, 1.54) is 12.1 Å². The molecule has 3 aliphatic rings. The lowest BCUT2D eigenvalue weighted by atomic mass is 9.96. The van der Waals surface area contributed by atoms with Gasteiger partial charge in [-0.15, -0.1) is 10.2 Å². The molecule has 35 heavy (non-hydrogen) atoms. The van der Waals surface area contributed by atoms with Crippen molar-refractivity contribution in [3.63, 3.8) is 0 Å². The van der Waals surface area contributed by atoms with Crippen molar-refractivity contribution in [3.05, 3.63) is 41.2 Å². The molecule has 3 heterocycles. The quantitative estimate of drug-likeness (QED) is 0.407. The molecule has 190 valence electrons. The lowest BCUT2D eigenvalue weighted by molar-refractivity contribution is -0.137. The molecule has 1 spiro atoms. The van der Waals surface area contributed by atoms with Crippen LogP contribution >= 0.6 is 11.8 Å². The van der Waals surface area contributed by atoms with E-state index in [0.717, 1.165) is 74.2 Å². The molecule has 0 bridgehead atoms. The second-order valence-corrected chi connectivity index (χ2v) is 11.4. The first kappa shape index (κ1) is 24.6. The summed E-state index contributed by atoms with van der Waals surface area (Å²) in [5.74, 6) is 2.54. The van der Waals surface area contributed by atoms with Crippen LogP contribution in [0.15, 0.2) is 29.4 Å². The third-order valence-corrected chi connectivity index (χ3v) is 9.14. The van der Waals surface area contributed by atoms with Crippen LogP contribution in [0.3, 0.4) is 0 Å². The number of thioether (sulfide) groups is 1. The highest BCUT2D eigenvalue weighted by Gasteiger charge is 2.57. The second-order valence-electron chi connectivity index (χ2n) is 10.4. The van der Waals surface area contributed by atoms with Crippen LogP contribution in [0, 0.1) is 5.41 Å². The SMILES string of the molecule is CN1CCC(c2nnc(SCCCN3CCC4(CC4c4ccc(C(F)(F)F)cc4)C3)n2C)CC1=O. The number of alkyl halides is 3. The van der Waals surface area contributed by atoms with Gasteiger partial charge >= 0.3 is 6.18 Å². The van der Waals surface area contributed by atoms with Crippen molar-refractivity contribution in [1.29, 1.82) is 0 Å². The molecule has 3 fully saturated rings. The van der Waals surface area contributed by atoms with Gasteiger partial charge in [-0.25, -0.2) is 0 Å². The topological polar surface area (TPSA) is 54.3 Å². The number of piperidine rings is 1. The minimum absolute atomic E-state index is 0.141. The Morgan fingerprint density at radius 2 is 1.91 bits per heavy atom. The fourth-order valence-electron chi connectivity index (χ4n) is 5.77. The summed E-state index contributed by atoms with van der Waals surface area (Å²) in [6.45, 7) is 3.86. The molecule has 3 unspecified atom stereocenters. The maximum atomic E-state index is 12.8. The van der Waals surface area contributed by atoms with Gasteiger partial charge in [-0.1, -0.05) is 23.9 Å². The summed E-state index contributed by atoms with van der Waals surface area (Å²) in [6.07, 6.45) is 0.375. The Labute approximate surface area is 208 Å². The van der Waals surface area contributed by atoms with E-state index < -0.39 is 11.7 Å². The Balaban J connectivity index is 1.07. The molecule has 0 N–H and O–H groups in total. The number of carbonyl (C=O) groups is 1. The predicted molar refractivity (Wildman–Crippen MR) is 128 cm³/mol. The summed E-state index contributed by atoms with van der Waals surface area (Å²) in [5.41, 5.74) is 0.716. The van der Waals surface area contributed by atoms with Gasteiger partial charge in [0.15, 0.2) is 5.16 Å². The van der Waals surface area contributed by atoms with Crippen molar-refractivity contribution in [2.24, 2.45) is 12.5 Å². The highest BCUT2D eigenvalue weighted by Crippen LogP contribution is 2.64. The minimum Gasteiger partial charge on any atom is -0.346 e. The first-order valence-electron chi connectivity index (χ1n) is 12.3. The van der Waals surface area contributed by atoms with Crippen molar-refractivity contribution in [3.8, 4) is 0 Å². The maximum Gasteiger partial charge on any atom is 0.416 e. The van der Waals surface area contributed by atoms with E-state index in [4.69, 9.17) is 0 Å². The zero-order valence-corrected chi connectivity index (χ0v) is 21.0. The monoisotopic (exact) mass is 507 g/mol. The molecule has 2 aromatic rings. The number of halogens is 3. The number of likely N-dealkylation sites (tertiary alicyclic amines) is 2. The van der Waals surface area contributed by atoms with Crippen molar-refractivity contribution in [2.45, 2.75) is 55.3 Å². The molecule has 1 aliphatic carbocycles. The summed E-state index contributed by atoms with van der Waals surface area (Å²) in [6, 6.07) is 5.76. The van der Waals surface area contributed by atoms with E-state index in [1.807, 2.05) is 18.7 Å². The van der Waals surface area contributed by atoms with Gasteiger partial charge < -0.3 is 14.4 Å². The first-order valence-corrected chi connectivity index (χ1v) is 13.3. The summed E-state index contributed by atoms with van der Waals surface area (Å²) < 4.78 is 40.6. The largest absolute Gasteiger partial charge is 0.416 e. The molecule has 1 aromatic heterocycles. The highest BCUT2D eigenvalue weighted by atomic mass is 32.2. The normalized spacial score (nSPS) is 27.2.